The molecule has 2 aliphatic heterocycles. The predicted octanol–water partition coefficient (Wildman–Crippen LogP) is 9.15. The highest BCUT2D eigenvalue weighted by atomic mass is 15.3. The predicted molar refractivity (Wildman–Crippen MR) is 202 cm³/mol. The largest absolute Gasteiger partial charge is 0.388 e. The fourth-order valence-corrected chi connectivity index (χ4v) is 9.88. The van der Waals surface area contributed by atoms with Gasteiger partial charge in [-0.1, -0.05) is 122 Å². The van der Waals surface area contributed by atoms with E-state index in [0.717, 1.165) is 38.1 Å². The van der Waals surface area contributed by atoms with Crippen molar-refractivity contribution in [3.8, 4) is 0 Å². The van der Waals surface area contributed by atoms with Crippen molar-refractivity contribution in [3.63, 3.8) is 0 Å². The van der Waals surface area contributed by atoms with Gasteiger partial charge >= 0.3 is 0 Å². The first-order valence-electron chi connectivity index (χ1n) is 18.6. The summed E-state index contributed by atoms with van der Waals surface area (Å²) in [5, 5.41) is 11.5. The number of hydrogen-bond acceptors (Lipinski definition) is 4. The maximum atomic E-state index is 5.45. The molecule has 4 nitrogen and oxygen atoms in total. The van der Waals surface area contributed by atoms with E-state index < -0.39 is 0 Å². The normalized spacial score (nSPS) is 33.1. The number of amidine groups is 1. The molecule has 2 aromatic carbocycles. The molecule has 7 aliphatic rings. The van der Waals surface area contributed by atoms with Crippen LogP contribution in [-0.2, 0) is 5.41 Å². The van der Waals surface area contributed by atoms with Gasteiger partial charge in [-0.2, -0.15) is 0 Å². The Balaban J connectivity index is 1.13. The van der Waals surface area contributed by atoms with Gasteiger partial charge in [0.1, 0.15) is 18.2 Å². The summed E-state index contributed by atoms with van der Waals surface area (Å²) < 4.78 is 0. The topological polar surface area (TPSA) is 48.5 Å². The molecule has 5 aliphatic carbocycles. The lowest BCUT2D eigenvalue weighted by atomic mass is 9.56. The number of rotatable bonds is 5. The van der Waals surface area contributed by atoms with Crippen LogP contribution in [0.5, 0.6) is 0 Å². The average molecular weight is 645 g/mol. The van der Waals surface area contributed by atoms with Gasteiger partial charge in [-0.25, -0.2) is 4.99 Å². The van der Waals surface area contributed by atoms with Gasteiger partial charge in [0.2, 0.25) is 0 Å². The molecule has 4 heteroatoms. The van der Waals surface area contributed by atoms with Gasteiger partial charge in [-0.3, -0.25) is 5.32 Å². The highest BCUT2D eigenvalue weighted by Gasteiger charge is 2.46. The van der Waals surface area contributed by atoms with Crippen molar-refractivity contribution in [2.24, 2.45) is 22.7 Å². The van der Waals surface area contributed by atoms with E-state index in [4.69, 9.17) is 4.99 Å². The molecule has 248 valence electrons. The Kier molecular flexibility index (Phi) is 7.80. The molecule has 0 aromatic heterocycles. The first-order chi connectivity index (χ1) is 24.1. The maximum absolute atomic E-state index is 5.45. The minimum Gasteiger partial charge on any atom is -0.388 e. The van der Waals surface area contributed by atoms with Crippen molar-refractivity contribution in [3.05, 3.63) is 166 Å². The minimum atomic E-state index is -0.124. The third-order valence-electron chi connectivity index (χ3n) is 12.5. The Labute approximate surface area is 292 Å². The van der Waals surface area contributed by atoms with Crippen LogP contribution in [0.2, 0.25) is 0 Å². The lowest BCUT2D eigenvalue weighted by Gasteiger charge is -2.47. The molecule has 0 fully saturated rings. The van der Waals surface area contributed by atoms with Crippen LogP contribution in [0.15, 0.2) is 154 Å². The molecule has 2 aromatic rings. The zero-order chi connectivity index (χ0) is 33.0. The second-order valence-corrected chi connectivity index (χ2v) is 15.2. The molecule has 7 unspecified atom stereocenters. The highest BCUT2D eigenvalue weighted by molar-refractivity contribution is 6.00. The summed E-state index contributed by atoms with van der Waals surface area (Å²) in [6.07, 6.45) is 30.4. The summed E-state index contributed by atoms with van der Waals surface area (Å²) >= 11 is 0. The summed E-state index contributed by atoms with van der Waals surface area (Å²) in [6, 6.07) is 20.1. The molecular formula is C45H48N4. The van der Waals surface area contributed by atoms with Crippen molar-refractivity contribution < 1.29 is 0 Å². The molecule has 0 bridgehead atoms. The molecule has 9 rings (SSSR count). The van der Waals surface area contributed by atoms with Gasteiger partial charge in [-0.15, -0.1) is 0 Å². The molecule has 0 amide bonds. The molecule has 0 saturated heterocycles. The summed E-state index contributed by atoms with van der Waals surface area (Å²) in [5.74, 6) is 2.90. The van der Waals surface area contributed by atoms with E-state index in [1.807, 2.05) is 0 Å². The summed E-state index contributed by atoms with van der Waals surface area (Å²) in [4.78, 5) is 5.45. The van der Waals surface area contributed by atoms with Crippen LogP contribution < -0.4 is 16.0 Å². The lowest BCUT2D eigenvalue weighted by Crippen LogP contribution is -2.53. The van der Waals surface area contributed by atoms with Gasteiger partial charge in [0.25, 0.3) is 0 Å². The van der Waals surface area contributed by atoms with E-state index in [9.17, 15) is 0 Å². The zero-order valence-electron chi connectivity index (χ0n) is 28.8. The monoisotopic (exact) mass is 644 g/mol. The number of aliphatic imine (C=N–C) groups is 1. The maximum Gasteiger partial charge on any atom is 0.129 e. The second-order valence-electron chi connectivity index (χ2n) is 15.2. The van der Waals surface area contributed by atoms with Crippen LogP contribution in [0.4, 0.5) is 0 Å². The van der Waals surface area contributed by atoms with Crippen molar-refractivity contribution >= 4 is 5.84 Å². The number of allylic oxidation sites excluding steroid dienone is 12. The van der Waals surface area contributed by atoms with Crippen molar-refractivity contribution in [1.29, 1.82) is 0 Å². The van der Waals surface area contributed by atoms with Gasteiger partial charge < -0.3 is 10.6 Å². The fourth-order valence-electron chi connectivity index (χ4n) is 9.88. The van der Waals surface area contributed by atoms with E-state index in [-0.39, 0.29) is 17.7 Å². The van der Waals surface area contributed by atoms with E-state index in [0.29, 0.717) is 23.7 Å². The standard InChI is InChI=1S/C45H48N4/c1-29-34(24-26-46-29)36-23-22-32(27-39(36)40-28-33-17-10-11-25-45(33,2)41-21-9-8-19-37(40)41)43-47-42(31-14-4-3-5-15-31)48-44(49-43)38-20-12-16-30-13-6-7-18-35(30)38/h3-5,7-12,14-15,17-23,25,30,33,39-40,42,44,46,48H,6,13,16,24,26-28H2,1-2H3,(H,47,49). The van der Waals surface area contributed by atoms with Crippen LogP contribution in [0.25, 0.3) is 0 Å². The van der Waals surface area contributed by atoms with Crippen LogP contribution in [0.3, 0.4) is 0 Å². The van der Waals surface area contributed by atoms with Gasteiger partial charge in [0, 0.05) is 17.7 Å². The number of fused-ring (bicyclic) bond motifs is 4. The number of hydrogen-bond donors (Lipinski definition) is 3. The second kappa shape index (κ2) is 12.5. The molecule has 0 radical (unpaired) electrons. The minimum absolute atomic E-state index is 0.0153. The van der Waals surface area contributed by atoms with Gasteiger partial charge in [-0.05, 0) is 114 Å². The average Bonchev–Trinajstić information content (AvgIpc) is 3.59. The molecule has 49 heavy (non-hydrogen) atoms. The van der Waals surface area contributed by atoms with Crippen LogP contribution in [-0.4, -0.2) is 18.5 Å². The number of nitrogens with zero attached hydrogens (tertiary/aromatic N) is 1. The van der Waals surface area contributed by atoms with Crippen LogP contribution >= 0.6 is 0 Å². The first-order valence-corrected chi connectivity index (χ1v) is 18.6. The quantitative estimate of drug-likeness (QED) is 0.304. The van der Waals surface area contributed by atoms with E-state index in [2.05, 4.69) is 145 Å². The third kappa shape index (κ3) is 5.36. The Morgan fingerprint density at radius 3 is 2.63 bits per heavy atom. The summed E-state index contributed by atoms with van der Waals surface area (Å²) in [5.41, 5.74) is 12.8. The third-order valence-corrected chi connectivity index (χ3v) is 12.5. The highest BCUT2D eigenvalue weighted by Crippen LogP contribution is 2.55. The molecule has 2 heterocycles. The first kappa shape index (κ1) is 30.6. The Morgan fingerprint density at radius 2 is 1.76 bits per heavy atom. The molecule has 7 atom stereocenters. The van der Waals surface area contributed by atoms with E-state index in [1.165, 1.54) is 63.1 Å². The summed E-state index contributed by atoms with van der Waals surface area (Å²) in [7, 11) is 0. The molecular weight excluding hydrogens is 597 g/mol. The van der Waals surface area contributed by atoms with Crippen LogP contribution in [0, 0.1) is 17.8 Å². The summed E-state index contributed by atoms with van der Waals surface area (Å²) in [6.45, 7) is 5.74. The Morgan fingerprint density at radius 1 is 0.898 bits per heavy atom. The van der Waals surface area contributed by atoms with Crippen LogP contribution in [0.1, 0.15) is 81.1 Å². The Bertz CT molecular complexity index is 1930. The molecule has 0 spiro atoms. The van der Waals surface area contributed by atoms with E-state index >= 15 is 0 Å². The fraction of sp³-hybridized carbons (Fsp3) is 0.356. The molecule has 3 N–H and O–H groups in total. The number of benzene rings is 2. The van der Waals surface area contributed by atoms with Crippen molar-refractivity contribution in [2.75, 3.05) is 6.54 Å². The molecule has 0 saturated carbocycles. The smallest absolute Gasteiger partial charge is 0.129 e. The van der Waals surface area contributed by atoms with Crippen molar-refractivity contribution in [2.45, 2.75) is 76.0 Å². The SMILES string of the molecule is CC1=C(C2=CC=C(C3=NC(c4ccccc4)NC(C4=C5C=CCCC5CC=C4)N3)CC2C2CC3C=CC=CC3(C)c3ccccc32)CCN1. The number of nitrogens with one attached hydrogen (secondary N) is 3. The van der Waals surface area contributed by atoms with Gasteiger partial charge in [0.15, 0.2) is 0 Å². The Hall–Kier alpha value is -4.41. The van der Waals surface area contributed by atoms with E-state index in [1.54, 1.807) is 0 Å². The van der Waals surface area contributed by atoms with Gasteiger partial charge in [0.05, 0.1) is 0 Å². The zero-order valence-corrected chi connectivity index (χ0v) is 28.8. The lowest BCUT2D eigenvalue weighted by molar-refractivity contribution is 0.297. The van der Waals surface area contributed by atoms with Crippen molar-refractivity contribution in [1.82, 2.24) is 16.0 Å².